The molecule has 6 nitrogen and oxygen atoms in total. The highest BCUT2D eigenvalue weighted by molar-refractivity contribution is 7.80. The molecule has 0 radical (unpaired) electrons. The van der Waals surface area contributed by atoms with Crippen LogP contribution in [0.3, 0.4) is 0 Å². The van der Waals surface area contributed by atoms with Gasteiger partial charge in [0.2, 0.25) is 0 Å². The van der Waals surface area contributed by atoms with Crippen molar-refractivity contribution in [2.75, 3.05) is 5.32 Å². The van der Waals surface area contributed by atoms with Crippen molar-refractivity contribution in [2.45, 2.75) is 40.4 Å². The highest BCUT2D eigenvalue weighted by atomic mass is 35.5. The van der Waals surface area contributed by atoms with E-state index in [1.54, 1.807) is 0 Å². The maximum Gasteiger partial charge on any atom is 0.172 e. The van der Waals surface area contributed by atoms with Crippen LogP contribution in [-0.2, 0) is 19.6 Å². The van der Waals surface area contributed by atoms with Crippen LogP contribution in [0.25, 0.3) is 0 Å². The van der Waals surface area contributed by atoms with Gasteiger partial charge in [-0.25, -0.2) is 0 Å². The van der Waals surface area contributed by atoms with Crippen molar-refractivity contribution in [3.63, 3.8) is 0 Å². The largest absolute Gasteiger partial charge is 0.358 e. The molecule has 8 heteroatoms. The third-order valence-electron chi connectivity index (χ3n) is 4.31. The van der Waals surface area contributed by atoms with Gasteiger partial charge in [-0.3, -0.25) is 9.36 Å². The first kappa shape index (κ1) is 19.4. The number of nitrogens with one attached hydrogen (secondary N) is 2. The lowest BCUT2D eigenvalue weighted by atomic mass is 10.2. The lowest BCUT2D eigenvalue weighted by Crippen LogP contribution is -2.28. The van der Waals surface area contributed by atoms with Gasteiger partial charge in [0.25, 0.3) is 0 Å². The van der Waals surface area contributed by atoms with E-state index >= 15 is 0 Å². The quantitative estimate of drug-likeness (QED) is 0.612. The average Bonchev–Trinajstić information content (AvgIpc) is 3.17. The van der Waals surface area contributed by atoms with Gasteiger partial charge in [-0.15, -0.1) is 0 Å². The van der Waals surface area contributed by atoms with Crippen molar-refractivity contribution in [2.24, 2.45) is 0 Å². The SMILES string of the molecule is CCn1cc(CNC(=S)Nc2cc(C)n(Cc3ccccc3Cl)n2)c(C)n1. The summed E-state index contributed by atoms with van der Waals surface area (Å²) < 4.78 is 3.82. The number of halogens is 1. The number of thiocarbonyl (C=S) groups is 1. The minimum absolute atomic E-state index is 0.529. The molecule has 2 heterocycles. The third-order valence-corrected chi connectivity index (χ3v) is 4.93. The van der Waals surface area contributed by atoms with E-state index in [-0.39, 0.29) is 0 Å². The molecule has 0 spiro atoms. The molecule has 2 N–H and O–H groups in total. The summed E-state index contributed by atoms with van der Waals surface area (Å²) in [6.45, 7) is 8.16. The van der Waals surface area contributed by atoms with Crippen LogP contribution < -0.4 is 10.6 Å². The Hall–Kier alpha value is -2.38. The first-order valence-corrected chi connectivity index (χ1v) is 9.60. The van der Waals surface area contributed by atoms with Gasteiger partial charge >= 0.3 is 0 Å². The molecule has 0 unspecified atom stereocenters. The Bertz CT molecular complexity index is 946. The van der Waals surface area contributed by atoms with Crippen LogP contribution in [0.2, 0.25) is 5.02 Å². The Balaban J connectivity index is 1.60. The summed E-state index contributed by atoms with van der Waals surface area (Å²) in [4.78, 5) is 0. The Morgan fingerprint density at radius 3 is 2.67 bits per heavy atom. The van der Waals surface area contributed by atoms with Crippen molar-refractivity contribution in [1.82, 2.24) is 24.9 Å². The summed E-state index contributed by atoms with van der Waals surface area (Å²) in [6.07, 6.45) is 2.04. The van der Waals surface area contributed by atoms with Gasteiger partial charge in [0.1, 0.15) is 0 Å². The van der Waals surface area contributed by atoms with Gasteiger partial charge in [0.15, 0.2) is 10.9 Å². The molecule has 27 heavy (non-hydrogen) atoms. The zero-order chi connectivity index (χ0) is 19.4. The summed E-state index contributed by atoms with van der Waals surface area (Å²) in [5, 5.41) is 16.6. The average molecular weight is 403 g/mol. The third kappa shape index (κ3) is 4.87. The van der Waals surface area contributed by atoms with Crippen LogP contribution >= 0.6 is 23.8 Å². The number of hydrogen-bond donors (Lipinski definition) is 2. The fourth-order valence-electron chi connectivity index (χ4n) is 2.75. The molecule has 0 bridgehead atoms. The van der Waals surface area contributed by atoms with Crippen molar-refractivity contribution in [3.05, 3.63) is 64.1 Å². The van der Waals surface area contributed by atoms with Crippen LogP contribution in [0.1, 0.15) is 29.4 Å². The Morgan fingerprint density at radius 2 is 1.96 bits per heavy atom. The molecular weight excluding hydrogens is 380 g/mol. The molecule has 0 fully saturated rings. The second kappa shape index (κ2) is 8.54. The van der Waals surface area contributed by atoms with Gasteiger partial charge in [0.05, 0.1) is 12.2 Å². The van der Waals surface area contributed by atoms with Crippen molar-refractivity contribution in [3.8, 4) is 0 Å². The van der Waals surface area contributed by atoms with Gasteiger partial charge in [0, 0.05) is 41.6 Å². The Labute approximate surface area is 169 Å². The lowest BCUT2D eigenvalue weighted by Gasteiger charge is -2.08. The van der Waals surface area contributed by atoms with Gasteiger partial charge in [-0.1, -0.05) is 29.8 Å². The summed E-state index contributed by atoms with van der Waals surface area (Å²) in [7, 11) is 0. The van der Waals surface area contributed by atoms with Crippen LogP contribution in [0.4, 0.5) is 5.82 Å². The Morgan fingerprint density at radius 1 is 1.19 bits per heavy atom. The minimum atomic E-state index is 0.529. The number of anilines is 1. The van der Waals surface area contributed by atoms with E-state index in [0.717, 1.165) is 34.1 Å². The van der Waals surface area contributed by atoms with Gasteiger partial charge < -0.3 is 10.6 Å². The smallest absolute Gasteiger partial charge is 0.172 e. The molecule has 0 aliphatic carbocycles. The molecule has 3 aromatic rings. The van der Waals surface area contributed by atoms with Crippen molar-refractivity contribution >= 4 is 34.7 Å². The zero-order valence-corrected chi connectivity index (χ0v) is 17.2. The summed E-state index contributed by atoms with van der Waals surface area (Å²) in [5.41, 5.74) is 4.19. The van der Waals surface area contributed by atoms with Gasteiger partial charge in [-0.2, -0.15) is 10.2 Å². The molecule has 1 aromatic carbocycles. The number of aryl methyl sites for hydroxylation is 3. The van der Waals surface area contributed by atoms with E-state index in [1.807, 2.05) is 59.7 Å². The van der Waals surface area contributed by atoms with E-state index in [0.29, 0.717) is 24.0 Å². The molecule has 0 saturated carbocycles. The van der Waals surface area contributed by atoms with Crippen molar-refractivity contribution < 1.29 is 0 Å². The predicted octanol–water partition coefficient (Wildman–Crippen LogP) is 3.90. The highest BCUT2D eigenvalue weighted by Crippen LogP contribution is 2.18. The number of aromatic nitrogens is 4. The van der Waals surface area contributed by atoms with E-state index in [1.165, 1.54) is 0 Å². The van der Waals surface area contributed by atoms with E-state index in [9.17, 15) is 0 Å². The summed E-state index contributed by atoms with van der Waals surface area (Å²) in [5.74, 6) is 0.707. The number of rotatable bonds is 6. The van der Waals surface area contributed by atoms with Gasteiger partial charge in [-0.05, 0) is 44.6 Å². The van der Waals surface area contributed by atoms with E-state index in [2.05, 4.69) is 27.8 Å². The standard InChI is InChI=1S/C19H23ClN6S/c1-4-25-11-16(14(3)23-25)10-21-19(27)22-18-9-13(2)26(24-18)12-15-7-5-6-8-17(15)20/h5-9,11H,4,10,12H2,1-3H3,(H2,21,22,24,27). The monoisotopic (exact) mass is 402 g/mol. The minimum Gasteiger partial charge on any atom is -0.358 e. The number of benzene rings is 1. The van der Waals surface area contributed by atoms with E-state index in [4.69, 9.17) is 23.8 Å². The number of hydrogen-bond acceptors (Lipinski definition) is 3. The lowest BCUT2D eigenvalue weighted by molar-refractivity contribution is 0.653. The molecule has 0 aliphatic heterocycles. The molecule has 142 valence electrons. The first-order valence-electron chi connectivity index (χ1n) is 8.82. The number of nitrogens with zero attached hydrogens (tertiary/aromatic N) is 4. The fourth-order valence-corrected chi connectivity index (χ4v) is 3.12. The molecule has 0 amide bonds. The predicted molar refractivity (Wildman–Crippen MR) is 113 cm³/mol. The maximum absolute atomic E-state index is 6.25. The highest BCUT2D eigenvalue weighted by Gasteiger charge is 2.09. The molecule has 0 aliphatic rings. The van der Waals surface area contributed by atoms with Crippen LogP contribution in [-0.4, -0.2) is 24.7 Å². The van der Waals surface area contributed by atoms with Crippen molar-refractivity contribution in [1.29, 1.82) is 0 Å². The molecule has 2 aromatic heterocycles. The van der Waals surface area contributed by atoms with E-state index < -0.39 is 0 Å². The summed E-state index contributed by atoms with van der Waals surface area (Å²) >= 11 is 11.6. The first-order chi connectivity index (χ1) is 13.0. The maximum atomic E-state index is 6.25. The molecule has 3 rings (SSSR count). The second-order valence-corrected chi connectivity index (χ2v) is 7.14. The normalized spacial score (nSPS) is 10.8. The van der Waals surface area contributed by atoms with Crippen LogP contribution in [0.5, 0.6) is 0 Å². The Kier molecular flexibility index (Phi) is 6.13. The fraction of sp³-hybridized carbons (Fsp3) is 0.316. The van der Waals surface area contributed by atoms with Crippen LogP contribution in [0, 0.1) is 13.8 Å². The van der Waals surface area contributed by atoms with Crippen LogP contribution in [0.15, 0.2) is 36.5 Å². The second-order valence-electron chi connectivity index (χ2n) is 6.32. The summed E-state index contributed by atoms with van der Waals surface area (Å²) in [6, 6.07) is 9.75. The molecule has 0 saturated heterocycles. The molecule has 0 atom stereocenters. The zero-order valence-electron chi connectivity index (χ0n) is 15.7. The molecular formula is C19H23ClN6S. The topological polar surface area (TPSA) is 59.7 Å².